The van der Waals surface area contributed by atoms with Gasteiger partial charge in [0.15, 0.2) is 0 Å². The summed E-state index contributed by atoms with van der Waals surface area (Å²) in [7, 11) is 0. The van der Waals surface area contributed by atoms with Gasteiger partial charge in [0, 0.05) is 6.42 Å². The first-order valence-corrected chi connectivity index (χ1v) is 5.84. The maximum absolute atomic E-state index is 12.9. The highest BCUT2D eigenvalue weighted by molar-refractivity contribution is 5.81. The van der Waals surface area contributed by atoms with Gasteiger partial charge in [0.05, 0.1) is 0 Å². The van der Waals surface area contributed by atoms with Gasteiger partial charge in [-0.1, -0.05) is 42.5 Å². The van der Waals surface area contributed by atoms with Gasteiger partial charge in [-0.3, -0.25) is 0 Å². The van der Waals surface area contributed by atoms with Crippen molar-refractivity contribution in [3.63, 3.8) is 0 Å². The summed E-state index contributed by atoms with van der Waals surface area (Å²) < 4.78 is 12.9. The Bertz CT molecular complexity index is 568. The van der Waals surface area contributed by atoms with Crippen LogP contribution in [0.15, 0.2) is 54.6 Å². The van der Waals surface area contributed by atoms with Crippen LogP contribution in [0, 0.1) is 5.82 Å². The van der Waals surface area contributed by atoms with Gasteiger partial charge in [-0.2, -0.15) is 0 Å². The molecule has 2 aromatic rings. The van der Waals surface area contributed by atoms with Gasteiger partial charge < -0.3 is 10.8 Å². The fourth-order valence-electron chi connectivity index (χ4n) is 1.96. The van der Waals surface area contributed by atoms with Crippen molar-refractivity contribution >= 4 is 5.97 Å². The van der Waals surface area contributed by atoms with Crippen molar-refractivity contribution < 1.29 is 14.3 Å². The first kappa shape index (κ1) is 13.2. The summed E-state index contributed by atoms with van der Waals surface area (Å²) in [4.78, 5) is 11.5. The Labute approximate surface area is 110 Å². The van der Waals surface area contributed by atoms with Crippen molar-refractivity contribution in [3.05, 3.63) is 71.5 Å². The minimum atomic E-state index is -1.51. The first-order valence-electron chi connectivity index (χ1n) is 5.84. The number of hydrogen-bond donors (Lipinski definition) is 2. The number of carbonyl (C=O) groups is 1. The van der Waals surface area contributed by atoms with E-state index in [-0.39, 0.29) is 12.2 Å². The zero-order valence-corrected chi connectivity index (χ0v) is 10.2. The lowest BCUT2D eigenvalue weighted by molar-refractivity contribution is -0.143. The Morgan fingerprint density at radius 3 is 2.21 bits per heavy atom. The third-order valence-corrected chi connectivity index (χ3v) is 3.07. The molecule has 1 unspecified atom stereocenters. The van der Waals surface area contributed by atoms with Gasteiger partial charge >= 0.3 is 5.97 Å². The normalized spacial score (nSPS) is 13.8. The second-order valence-corrected chi connectivity index (χ2v) is 4.45. The number of benzene rings is 2. The summed E-state index contributed by atoms with van der Waals surface area (Å²) in [6.45, 7) is 0. The fourth-order valence-corrected chi connectivity index (χ4v) is 1.96. The number of aliphatic carboxylic acids is 1. The first-order chi connectivity index (χ1) is 9.02. The van der Waals surface area contributed by atoms with Crippen molar-refractivity contribution in [1.29, 1.82) is 0 Å². The Balaban J connectivity index is 2.36. The van der Waals surface area contributed by atoms with E-state index in [0.29, 0.717) is 11.1 Å². The van der Waals surface area contributed by atoms with Crippen LogP contribution in [0.25, 0.3) is 0 Å². The molecular weight excluding hydrogens is 245 g/mol. The molecule has 0 aliphatic carbocycles. The van der Waals surface area contributed by atoms with E-state index < -0.39 is 11.5 Å². The topological polar surface area (TPSA) is 63.3 Å². The summed E-state index contributed by atoms with van der Waals surface area (Å²) in [5.74, 6) is -1.47. The number of rotatable bonds is 4. The SMILES string of the molecule is NC(Cc1ccc(F)cc1)(C(=O)O)c1ccccc1. The number of hydrogen-bond acceptors (Lipinski definition) is 2. The van der Waals surface area contributed by atoms with Crippen molar-refractivity contribution in [2.75, 3.05) is 0 Å². The Kier molecular flexibility index (Phi) is 3.62. The van der Waals surface area contributed by atoms with Crippen LogP contribution in [-0.4, -0.2) is 11.1 Å². The van der Waals surface area contributed by atoms with Crippen LogP contribution in [0.1, 0.15) is 11.1 Å². The Hall–Kier alpha value is -2.20. The molecule has 0 aliphatic heterocycles. The summed E-state index contributed by atoms with van der Waals surface area (Å²) in [5.41, 5.74) is 5.72. The van der Waals surface area contributed by atoms with Crippen LogP contribution in [0.2, 0.25) is 0 Å². The minimum absolute atomic E-state index is 0.104. The van der Waals surface area contributed by atoms with Gasteiger partial charge in [-0.25, -0.2) is 9.18 Å². The van der Waals surface area contributed by atoms with Gasteiger partial charge in [-0.05, 0) is 23.3 Å². The van der Waals surface area contributed by atoms with E-state index in [1.54, 1.807) is 42.5 Å². The molecule has 2 aromatic carbocycles. The predicted molar refractivity (Wildman–Crippen MR) is 70.0 cm³/mol. The van der Waals surface area contributed by atoms with Gasteiger partial charge in [0.2, 0.25) is 0 Å². The molecule has 3 N–H and O–H groups in total. The number of carboxylic acid groups (broad SMARTS) is 1. The maximum atomic E-state index is 12.9. The molecule has 0 amide bonds. The average Bonchev–Trinajstić information content (AvgIpc) is 2.42. The van der Waals surface area contributed by atoms with E-state index in [0.717, 1.165) is 0 Å². The molecule has 98 valence electrons. The standard InChI is InChI=1S/C15H14FNO2/c16-13-8-6-11(7-9-13)10-15(17,14(18)19)12-4-2-1-3-5-12/h1-9H,10,17H2,(H,18,19). The van der Waals surface area contributed by atoms with Gasteiger partial charge in [0.25, 0.3) is 0 Å². The molecule has 19 heavy (non-hydrogen) atoms. The highest BCUT2D eigenvalue weighted by atomic mass is 19.1. The molecule has 4 heteroatoms. The van der Waals surface area contributed by atoms with E-state index in [4.69, 9.17) is 5.73 Å². The Morgan fingerprint density at radius 2 is 1.68 bits per heavy atom. The summed E-state index contributed by atoms with van der Waals surface area (Å²) in [5, 5.41) is 9.40. The maximum Gasteiger partial charge on any atom is 0.328 e. The van der Waals surface area contributed by atoms with E-state index in [9.17, 15) is 14.3 Å². The third-order valence-electron chi connectivity index (χ3n) is 3.07. The number of halogens is 1. The molecule has 0 radical (unpaired) electrons. The van der Waals surface area contributed by atoms with Gasteiger partial charge in [-0.15, -0.1) is 0 Å². The monoisotopic (exact) mass is 259 g/mol. The van der Waals surface area contributed by atoms with Crippen molar-refractivity contribution in [2.24, 2.45) is 5.73 Å². The van der Waals surface area contributed by atoms with Crippen LogP contribution in [-0.2, 0) is 16.8 Å². The largest absolute Gasteiger partial charge is 0.480 e. The zero-order valence-electron chi connectivity index (χ0n) is 10.2. The van der Waals surface area contributed by atoms with Crippen LogP contribution < -0.4 is 5.73 Å². The van der Waals surface area contributed by atoms with E-state index >= 15 is 0 Å². The van der Waals surface area contributed by atoms with Crippen molar-refractivity contribution in [2.45, 2.75) is 12.0 Å². The number of carboxylic acids is 1. The zero-order chi connectivity index (χ0) is 13.9. The van der Waals surface area contributed by atoms with E-state index in [1.165, 1.54) is 12.1 Å². The summed E-state index contributed by atoms with van der Waals surface area (Å²) in [6, 6.07) is 14.3. The smallest absolute Gasteiger partial charge is 0.328 e. The molecule has 0 saturated carbocycles. The fraction of sp³-hybridized carbons (Fsp3) is 0.133. The van der Waals surface area contributed by atoms with Crippen molar-refractivity contribution in [1.82, 2.24) is 0 Å². The second kappa shape index (κ2) is 5.20. The average molecular weight is 259 g/mol. The highest BCUT2D eigenvalue weighted by Gasteiger charge is 2.36. The quantitative estimate of drug-likeness (QED) is 0.885. The lowest BCUT2D eigenvalue weighted by Crippen LogP contribution is -2.46. The Morgan fingerprint density at radius 1 is 1.11 bits per heavy atom. The molecule has 3 nitrogen and oxygen atoms in total. The van der Waals surface area contributed by atoms with E-state index in [2.05, 4.69) is 0 Å². The number of nitrogens with two attached hydrogens (primary N) is 1. The van der Waals surface area contributed by atoms with Crippen LogP contribution in [0.5, 0.6) is 0 Å². The highest BCUT2D eigenvalue weighted by Crippen LogP contribution is 2.23. The molecule has 0 saturated heterocycles. The molecular formula is C15H14FNO2. The van der Waals surface area contributed by atoms with Crippen molar-refractivity contribution in [3.8, 4) is 0 Å². The molecule has 2 rings (SSSR count). The molecule has 0 heterocycles. The lowest BCUT2D eigenvalue weighted by atomic mass is 9.85. The predicted octanol–water partition coefficient (Wildman–Crippen LogP) is 2.31. The molecule has 0 aliphatic rings. The molecule has 0 aromatic heterocycles. The van der Waals surface area contributed by atoms with Crippen LogP contribution in [0.4, 0.5) is 4.39 Å². The third kappa shape index (κ3) is 2.80. The molecule has 1 atom stereocenters. The van der Waals surface area contributed by atoms with Crippen LogP contribution in [0.3, 0.4) is 0 Å². The summed E-state index contributed by atoms with van der Waals surface area (Å²) >= 11 is 0. The van der Waals surface area contributed by atoms with Gasteiger partial charge in [0.1, 0.15) is 11.4 Å². The molecule has 0 fully saturated rings. The lowest BCUT2D eigenvalue weighted by Gasteiger charge is -2.25. The second-order valence-electron chi connectivity index (χ2n) is 4.45. The minimum Gasteiger partial charge on any atom is -0.480 e. The molecule has 0 spiro atoms. The summed E-state index contributed by atoms with van der Waals surface area (Å²) in [6.07, 6.45) is 0.104. The van der Waals surface area contributed by atoms with E-state index in [1.807, 2.05) is 0 Å². The van der Waals surface area contributed by atoms with Crippen LogP contribution >= 0.6 is 0 Å². The molecule has 0 bridgehead atoms.